The molecule has 1 aromatic carbocycles. The SMILES string of the molecule is CCc1ccc(C(=O)N2CCN(C(=O)[C@@H]3CC[C@H](C(=O)O)C3)CC2)cc1. The normalized spacial score (nSPS) is 23.1. The Hall–Kier alpha value is -2.37. The van der Waals surface area contributed by atoms with Gasteiger partial charge in [0.2, 0.25) is 5.91 Å². The molecule has 26 heavy (non-hydrogen) atoms. The molecule has 1 aromatic rings. The van der Waals surface area contributed by atoms with E-state index in [4.69, 9.17) is 5.11 Å². The fourth-order valence-electron chi connectivity index (χ4n) is 3.88. The van der Waals surface area contributed by atoms with E-state index >= 15 is 0 Å². The number of carboxylic acids is 1. The van der Waals surface area contributed by atoms with Crippen LogP contribution in [-0.2, 0) is 16.0 Å². The lowest BCUT2D eigenvalue weighted by Crippen LogP contribution is -2.51. The van der Waals surface area contributed by atoms with Gasteiger partial charge in [0.25, 0.3) is 5.91 Å². The molecule has 1 heterocycles. The number of carboxylic acid groups (broad SMARTS) is 1. The summed E-state index contributed by atoms with van der Waals surface area (Å²) in [4.78, 5) is 39.9. The minimum Gasteiger partial charge on any atom is -0.481 e. The second kappa shape index (κ2) is 7.89. The molecule has 140 valence electrons. The predicted octanol–water partition coefficient (Wildman–Crippen LogP) is 2.03. The smallest absolute Gasteiger partial charge is 0.306 e. The Labute approximate surface area is 153 Å². The summed E-state index contributed by atoms with van der Waals surface area (Å²) < 4.78 is 0. The van der Waals surface area contributed by atoms with E-state index < -0.39 is 11.9 Å². The molecule has 1 aliphatic carbocycles. The Balaban J connectivity index is 1.53. The summed E-state index contributed by atoms with van der Waals surface area (Å²) in [6.45, 7) is 4.16. The lowest BCUT2D eigenvalue weighted by molar-refractivity contribution is -0.142. The van der Waals surface area contributed by atoms with Crippen molar-refractivity contribution in [3.8, 4) is 0 Å². The Bertz CT molecular complexity index is 678. The molecule has 1 saturated heterocycles. The number of nitrogens with zero attached hydrogens (tertiary/aromatic N) is 2. The minimum absolute atomic E-state index is 0.00607. The van der Waals surface area contributed by atoms with E-state index in [0.717, 1.165) is 6.42 Å². The summed E-state index contributed by atoms with van der Waals surface area (Å²) in [5, 5.41) is 9.09. The van der Waals surface area contributed by atoms with E-state index in [0.29, 0.717) is 51.0 Å². The molecule has 2 fully saturated rings. The number of aliphatic carboxylic acids is 1. The van der Waals surface area contributed by atoms with Crippen LogP contribution in [0, 0.1) is 11.8 Å². The van der Waals surface area contributed by atoms with Crippen LogP contribution in [0.15, 0.2) is 24.3 Å². The van der Waals surface area contributed by atoms with Gasteiger partial charge in [-0.2, -0.15) is 0 Å². The molecule has 0 bridgehead atoms. The standard InChI is InChI=1S/C20H26N2O4/c1-2-14-3-5-15(6-4-14)18(23)21-9-11-22(12-10-21)19(24)16-7-8-17(13-16)20(25)26/h3-6,16-17H,2,7-13H2,1H3,(H,25,26)/t16-,17+/m1/s1. The van der Waals surface area contributed by atoms with Gasteiger partial charge in [-0.25, -0.2) is 0 Å². The Morgan fingerprint density at radius 1 is 0.962 bits per heavy atom. The van der Waals surface area contributed by atoms with E-state index in [2.05, 4.69) is 6.92 Å². The average molecular weight is 358 g/mol. The second-order valence-electron chi connectivity index (χ2n) is 7.21. The Kier molecular flexibility index (Phi) is 5.59. The third-order valence-electron chi connectivity index (χ3n) is 5.62. The first-order chi connectivity index (χ1) is 12.5. The van der Waals surface area contributed by atoms with Crippen molar-refractivity contribution in [1.29, 1.82) is 0 Å². The average Bonchev–Trinajstić information content (AvgIpc) is 3.17. The third-order valence-corrected chi connectivity index (χ3v) is 5.62. The van der Waals surface area contributed by atoms with Gasteiger partial charge in [0.1, 0.15) is 0 Å². The van der Waals surface area contributed by atoms with Crippen LogP contribution in [0.4, 0.5) is 0 Å². The van der Waals surface area contributed by atoms with E-state index in [9.17, 15) is 14.4 Å². The van der Waals surface area contributed by atoms with Gasteiger partial charge in [0.15, 0.2) is 0 Å². The summed E-state index contributed by atoms with van der Waals surface area (Å²) in [5.74, 6) is -1.32. The van der Waals surface area contributed by atoms with Crippen molar-refractivity contribution in [2.24, 2.45) is 11.8 Å². The van der Waals surface area contributed by atoms with Crippen molar-refractivity contribution in [3.63, 3.8) is 0 Å². The molecule has 0 unspecified atom stereocenters. The van der Waals surface area contributed by atoms with Crippen molar-refractivity contribution in [3.05, 3.63) is 35.4 Å². The molecule has 0 spiro atoms. The van der Waals surface area contributed by atoms with Crippen LogP contribution in [0.5, 0.6) is 0 Å². The van der Waals surface area contributed by atoms with Crippen molar-refractivity contribution in [2.75, 3.05) is 26.2 Å². The molecule has 1 saturated carbocycles. The summed E-state index contributed by atoms with van der Waals surface area (Å²) in [6, 6.07) is 7.68. The van der Waals surface area contributed by atoms with Crippen LogP contribution < -0.4 is 0 Å². The molecule has 0 radical (unpaired) electrons. The second-order valence-corrected chi connectivity index (χ2v) is 7.21. The first kappa shape index (κ1) is 18.4. The molecule has 1 N–H and O–H groups in total. The highest BCUT2D eigenvalue weighted by atomic mass is 16.4. The maximum atomic E-state index is 12.6. The molecular formula is C20H26N2O4. The van der Waals surface area contributed by atoms with Crippen LogP contribution in [-0.4, -0.2) is 58.9 Å². The fourth-order valence-corrected chi connectivity index (χ4v) is 3.88. The van der Waals surface area contributed by atoms with E-state index in [1.165, 1.54) is 5.56 Å². The number of hydrogen-bond donors (Lipinski definition) is 1. The Morgan fingerprint density at radius 3 is 2.08 bits per heavy atom. The molecule has 3 rings (SSSR count). The minimum atomic E-state index is -0.801. The van der Waals surface area contributed by atoms with E-state index in [-0.39, 0.29) is 17.7 Å². The van der Waals surface area contributed by atoms with Crippen LogP contribution >= 0.6 is 0 Å². The zero-order chi connectivity index (χ0) is 18.7. The van der Waals surface area contributed by atoms with Crippen LogP contribution in [0.1, 0.15) is 42.1 Å². The first-order valence-corrected chi connectivity index (χ1v) is 9.39. The molecule has 2 aliphatic rings. The van der Waals surface area contributed by atoms with Crippen molar-refractivity contribution < 1.29 is 19.5 Å². The monoisotopic (exact) mass is 358 g/mol. The summed E-state index contributed by atoms with van der Waals surface area (Å²) in [7, 11) is 0. The van der Waals surface area contributed by atoms with Gasteiger partial charge in [-0.05, 0) is 43.4 Å². The quantitative estimate of drug-likeness (QED) is 0.893. The van der Waals surface area contributed by atoms with Crippen molar-refractivity contribution >= 4 is 17.8 Å². The zero-order valence-electron chi connectivity index (χ0n) is 15.2. The lowest BCUT2D eigenvalue weighted by Gasteiger charge is -2.36. The van der Waals surface area contributed by atoms with Gasteiger partial charge in [0, 0.05) is 37.7 Å². The maximum Gasteiger partial charge on any atom is 0.306 e. The number of benzene rings is 1. The number of carbonyl (C=O) groups excluding carboxylic acids is 2. The van der Waals surface area contributed by atoms with Gasteiger partial charge in [-0.15, -0.1) is 0 Å². The molecule has 1 aliphatic heterocycles. The zero-order valence-corrected chi connectivity index (χ0v) is 15.2. The van der Waals surface area contributed by atoms with Crippen LogP contribution in [0.3, 0.4) is 0 Å². The third kappa shape index (κ3) is 3.89. The summed E-state index contributed by atoms with van der Waals surface area (Å²) in [6.07, 6.45) is 2.62. The molecule has 2 atom stereocenters. The number of piperazine rings is 1. The number of carbonyl (C=O) groups is 3. The topological polar surface area (TPSA) is 77.9 Å². The fraction of sp³-hybridized carbons (Fsp3) is 0.550. The van der Waals surface area contributed by atoms with E-state index in [1.807, 2.05) is 24.3 Å². The lowest BCUT2D eigenvalue weighted by atomic mass is 10.0. The number of rotatable bonds is 4. The molecule has 0 aromatic heterocycles. The number of hydrogen-bond acceptors (Lipinski definition) is 3. The van der Waals surface area contributed by atoms with Crippen LogP contribution in [0.25, 0.3) is 0 Å². The van der Waals surface area contributed by atoms with Gasteiger partial charge < -0.3 is 14.9 Å². The van der Waals surface area contributed by atoms with Gasteiger partial charge in [0.05, 0.1) is 5.92 Å². The molecule has 6 nitrogen and oxygen atoms in total. The van der Waals surface area contributed by atoms with Crippen molar-refractivity contribution in [1.82, 2.24) is 9.80 Å². The molecule has 2 amide bonds. The highest BCUT2D eigenvalue weighted by molar-refractivity contribution is 5.94. The largest absolute Gasteiger partial charge is 0.481 e. The summed E-state index contributed by atoms with van der Waals surface area (Å²) in [5.41, 5.74) is 1.88. The number of aryl methyl sites for hydroxylation is 1. The highest BCUT2D eigenvalue weighted by Crippen LogP contribution is 2.32. The molecular weight excluding hydrogens is 332 g/mol. The Morgan fingerprint density at radius 2 is 1.54 bits per heavy atom. The number of amides is 2. The first-order valence-electron chi connectivity index (χ1n) is 9.39. The summed E-state index contributed by atoms with van der Waals surface area (Å²) >= 11 is 0. The van der Waals surface area contributed by atoms with E-state index in [1.54, 1.807) is 9.80 Å². The maximum absolute atomic E-state index is 12.6. The molecule has 6 heteroatoms. The van der Waals surface area contributed by atoms with Gasteiger partial charge in [-0.3, -0.25) is 14.4 Å². The highest BCUT2D eigenvalue weighted by Gasteiger charge is 2.37. The van der Waals surface area contributed by atoms with Gasteiger partial charge >= 0.3 is 5.97 Å². The predicted molar refractivity (Wildman–Crippen MR) is 96.8 cm³/mol. The van der Waals surface area contributed by atoms with Crippen LogP contribution in [0.2, 0.25) is 0 Å². The van der Waals surface area contributed by atoms with Gasteiger partial charge in [-0.1, -0.05) is 19.1 Å². The van der Waals surface area contributed by atoms with Crippen molar-refractivity contribution in [2.45, 2.75) is 32.6 Å².